The summed E-state index contributed by atoms with van der Waals surface area (Å²) in [7, 11) is 0. The lowest BCUT2D eigenvalue weighted by atomic mass is 10.0. The molecular formula is C16H24BrN. The third-order valence-electron chi connectivity index (χ3n) is 4.93. The molecule has 1 aromatic rings. The van der Waals surface area contributed by atoms with E-state index in [1.807, 2.05) is 0 Å². The monoisotopic (exact) mass is 309 g/mol. The molecule has 1 unspecified atom stereocenters. The maximum atomic E-state index is 3.79. The standard InChI is InChI=1S/C16H24BrN/c1-11(10-12-6-8-13(17)9-7-12)18-14-15(2,3)16(14,4)5/h6-9,11,14,18H,10H2,1-5H3. The van der Waals surface area contributed by atoms with E-state index in [9.17, 15) is 0 Å². The van der Waals surface area contributed by atoms with Gasteiger partial charge in [-0.3, -0.25) is 0 Å². The Kier molecular flexibility index (Phi) is 3.63. The zero-order chi connectivity index (χ0) is 13.6. The first-order chi connectivity index (χ1) is 8.25. The van der Waals surface area contributed by atoms with E-state index < -0.39 is 0 Å². The molecule has 0 bridgehead atoms. The summed E-state index contributed by atoms with van der Waals surface area (Å²) in [6.45, 7) is 11.7. The second-order valence-corrected chi connectivity index (χ2v) is 7.69. The van der Waals surface area contributed by atoms with Crippen LogP contribution in [0.2, 0.25) is 0 Å². The molecule has 100 valence electrons. The average Bonchev–Trinajstić information content (AvgIpc) is 2.64. The Morgan fingerprint density at radius 1 is 1.11 bits per heavy atom. The van der Waals surface area contributed by atoms with Crippen molar-refractivity contribution in [2.75, 3.05) is 0 Å². The van der Waals surface area contributed by atoms with Crippen molar-refractivity contribution in [2.24, 2.45) is 10.8 Å². The number of hydrogen-bond donors (Lipinski definition) is 1. The van der Waals surface area contributed by atoms with Crippen LogP contribution in [0.3, 0.4) is 0 Å². The maximum Gasteiger partial charge on any atom is 0.0183 e. The van der Waals surface area contributed by atoms with Crippen molar-refractivity contribution in [3.05, 3.63) is 34.3 Å². The zero-order valence-electron chi connectivity index (χ0n) is 12.0. The van der Waals surface area contributed by atoms with Crippen molar-refractivity contribution in [2.45, 2.75) is 53.1 Å². The number of hydrogen-bond acceptors (Lipinski definition) is 1. The SMILES string of the molecule is CC(Cc1ccc(Br)cc1)NC1C(C)(C)C1(C)C. The van der Waals surface area contributed by atoms with Crippen LogP contribution in [0.15, 0.2) is 28.7 Å². The van der Waals surface area contributed by atoms with E-state index >= 15 is 0 Å². The number of nitrogens with one attached hydrogen (secondary N) is 1. The molecule has 1 aliphatic rings. The van der Waals surface area contributed by atoms with Crippen LogP contribution in [-0.2, 0) is 6.42 Å². The molecule has 1 aliphatic carbocycles. The van der Waals surface area contributed by atoms with Crippen LogP contribution in [0.5, 0.6) is 0 Å². The van der Waals surface area contributed by atoms with Gasteiger partial charge in [0.1, 0.15) is 0 Å². The molecule has 1 fully saturated rings. The first-order valence-corrected chi connectivity index (χ1v) is 7.55. The van der Waals surface area contributed by atoms with Crippen LogP contribution in [-0.4, -0.2) is 12.1 Å². The minimum Gasteiger partial charge on any atom is -0.310 e. The number of rotatable bonds is 4. The molecular weight excluding hydrogens is 286 g/mol. The Morgan fingerprint density at radius 3 is 2.06 bits per heavy atom. The van der Waals surface area contributed by atoms with Crippen LogP contribution >= 0.6 is 15.9 Å². The summed E-state index contributed by atoms with van der Waals surface area (Å²) < 4.78 is 1.15. The van der Waals surface area contributed by atoms with Crippen molar-refractivity contribution >= 4 is 15.9 Å². The summed E-state index contributed by atoms with van der Waals surface area (Å²) in [6.07, 6.45) is 1.09. The van der Waals surface area contributed by atoms with Crippen LogP contribution in [0, 0.1) is 10.8 Å². The third kappa shape index (κ3) is 2.50. The van der Waals surface area contributed by atoms with Crippen LogP contribution in [0.1, 0.15) is 40.2 Å². The molecule has 0 spiro atoms. The second kappa shape index (κ2) is 4.64. The van der Waals surface area contributed by atoms with Gasteiger partial charge in [0.2, 0.25) is 0 Å². The minimum absolute atomic E-state index is 0.418. The highest BCUT2D eigenvalue weighted by Gasteiger charge is 2.64. The summed E-state index contributed by atoms with van der Waals surface area (Å²) in [5.41, 5.74) is 2.23. The summed E-state index contributed by atoms with van der Waals surface area (Å²) in [4.78, 5) is 0. The van der Waals surface area contributed by atoms with Gasteiger partial charge < -0.3 is 5.32 Å². The van der Waals surface area contributed by atoms with E-state index in [2.05, 4.69) is 80.1 Å². The van der Waals surface area contributed by atoms with Crippen molar-refractivity contribution in [3.8, 4) is 0 Å². The summed E-state index contributed by atoms with van der Waals surface area (Å²) >= 11 is 3.48. The van der Waals surface area contributed by atoms with Crippen molar-refractivity contribution < 1.29 is 0 Å². The largest absolute Gasteiger partial charge is 0.310 e. The van der Waals surface area contributed by atoms with E-state index in [0.29, 0.717) is 22.9 Å². The van der Waals surface area contributed by atoms with Gasteiger partial charge in [-0.2, -0.15) is 0 Å². The minimum atomic E-state index is 0.418. The summed E-state index contributed by atoms with van der Waals surface area (Å²) in [6, 6.07) is 9.80. The molecule has 0 heterocycles. The highest BCUT2D eigenvalue weighted by molar-refractivity contribution is 9.10. The van der Waals surface area contributed by atoms with Gasteiger partial charge >= 0.3 is 0 Å². The van der Waals surface area contributed by atoms with Crippen molar-refractivity contribution in [1.82, 2.24) is 5.32 Å². The maximum absolute atomic E-state index is 3.79. The Hall–Kier alpha value is -0.340. The molecule has 18 heavy (non-hydrogen) atoms. The van der Waals surface area contributed by atoms with Gasteiger partial charge in [0.05, 0.1) is 0 Å². The molecule has 1 saturated carbocycles. The van der Waals surface area contributed by atoms with Crippen molar-refractivity contribution in [3.63, 3.8) is 0 Å². The van der Waals surface area contributed by atoms with E-state index in [0.717, 1.165) is 10.9 Å². The van der Waals surface area contributed by atoms with Gasteiger partial charge in [-0.1, -0.05) is 55.8 Å². The van der Waals surface area contributed by atoms with Gasteiger partial charge in [-0.05, 0) is 41.9 Å². The fourth-order valence-corrected chi connectivity index (χ4v) is 3.19. The lowest BCUT2D eigenvalue weighted by Gasteiger charge is -2.15. The quantitative estimate of drug-likeness (QED) is 0.869. The summed E-state index contributed by atoms with van der Waals surface area (Å²) in [5.74, 6) is 0. The van der Waals surface area contributed by atoms with Gasteiger partial charge in [0.15, 0.2) is 0 Å². The molecule has 0 aliphatic heterocycles. The molecule has 2 rings (SSSR count). The van der Waals surface area contributed by atoms with Crippen LogP contribution < -0.4 is 5.32 Å². The van der Waals surface area contributed by atoms with Crippen LogP contribution in [0.4, 0.5) is 0 Å². The van der Waals surface area contributed by atoms with E-state index in [-0.39, 0.29) is 0 Å². The second-order valence-electron chi connectivity index (χ2n) is 6.77. The Bertz CT molecular complexity index is 405. The van der Waals surface area contributed by atoms with Gasteiger partial charge in [0, 0.05) is 16.6 Å². The Labute approximate surface area is 119 Å². The fourth-order valence-electron chi connectivity index (χ4n) is 2.93. The number of halogens is 1. The topological polar surface area (TPSA) is 12.0 Å². The van der Waals surface area contributed by atoms with E-state index in [1.165, 1.54) is 5.56 Å². The number of benzene rings is 1. The molecule has 0 aromatic heterocycles. The highest BCUT2D eigenvalue weighted by atomic mass is 79.9. The molecule has 1 nitrogen and oxygen atoms in total. The van der Waals surface area contributed by atoms with Crippen molar-refractivity contribution in [1.29, 1.82) is 0 Å². The predicted molar refractivity (Wildman–Crippen MR) is 81.8 cm³/mol. The Balaban J connectivity index is 1.91. The van der Waals surface area contributed by atoms with Gasteiger partial charge in [0.25, 0.3) is 0 Å². The zero-order valence-corrected chi connectivity index (χ0v) is 13.6. The normalized spacial score (nSPS) is 22.8. The molecule has 1 N–H and O–H groups in total. The highest BCUT2D eigenvalue weighted by Crippen LogP contribution is 2.62. The lowest BCUT2D eigenvalue weighted by Crippen LogP contribution is -2.33. The first-order valence-electron chi connectivity index (χ1n) is 6.75. The van der Waals surface area contributed by atoms with Gasteiger partial charge in [-0.15, -0.1) is 0 Å². The molecule has 0 amide bonds. The molecule has 0 saturated heterocycles. The average molecular weight is 310 g/mol. The van der Waals surface area contributed by atoms with E-state index in [4.69, 9.17) is 0 Å². The smallest absolute Gasteiger partial charge is 0.0183 e. The predicted octanol–water partition coefficient (Wildman–Crippen LogP) is 4.40. The molecule has 2 heteroatoms. The molecule has 1 aromatic carbocycles. The first kappa shape index (κ1) is 14.1. The van der Waals surface area contributed by atoms with Gasteiger partial charge in [-0.25, -0.2) is 0 Å². The van der Waals surface area contributed by atoms with E-state index in [1.54, 1.807) is 0 Å². The molecule has 0 radical (unpaired) electrons. The lowest BCUT2D eigenvalue weighted by molar-refractivity contribution is 0.457. The Morgan fingerprint density at radius 2 is 1.61 bits per heavy atom. The van der Waals surface area contributed by atoms with Crippen LogP contribution in [0.25, 0.3) is 0 Å². The fraction of sp³-hybridized carbons (Fsp3) is 0.625. The third-order valence-corrected chi connectivity index (χ3v) is 5.46. The molecule has 1 atom stereocenters. The summed E-state index contributed by atoms with van der Waals surface area (Å²) in [5, 5.41) is 3.79.